The third-order valence-electron chi connectivity index (χ3n) is 3.84. The Kier molecular flexibility index (Phi) is 4.72. The summed E-state index contributed by atoms with van der Waals surface area (Å²) >= 11 is 0. The summed E-state index contributed by atoms with van der Waals surface area (Å²) in [6.07, 6.45) is 0.900. The molecule has 1 atom stereocenters. The molecule has 2 heterocycles. The van der Waals surface area contributed by atoms with Crippen LogP contribution in [0.4, 0.5) is 5.69 Å². The van der Waals surface area contributed by atoms with Gasteiger partial charge in [-0.05, 0) is 18.6 Å². The summed E-state index contributed by atoms with van der Waals surface area (Å²) in [6, 6.07) is 5.24. The van der Waals surface area contributed by atoms with Crippen molar-refractivity contribution in [3.8, 4) is 11.5 Å². The molecule has 1 saturated heterocycles. The Bertz CT molecular complexity index is 689. The Morgan fingerprint density at radius 2 is 2.00 bits per heavy atom. The van der Waals surface area contributed by atoms with Crippen molar-refractivity contribution in [2.75, 3.05) is 36.6 Å². The van der Waals surface area contributed by atoms with E-state index < -0.39 is 9.84 Å². The standard InChI is InChI=1S/C15H20N2O5S/c18-15(3-5-16-12-4-8-23(19,20)10-12)17-11-1-2-13-14(9-11)22-7-6-21-13/h1-2,9,12,16H,3-8,10H2,(H,17,18). The molecule has 1 unspecified atom stereocenters. The Balaban J connectivity index is 1.44. The van der Waals surface area contributed by atoms with E-state index in [1.807, 2.05) is 0 Å². The molecule has 0 radical (unpaired) electrons. The summed E-state index contributed by atoms with van der Waals surface area (Å²) in [5.41, 5.74) is 0.655. The van der Waals surface area contributed by atoms with Gasteiger partial charge in [0.25, 0.3) is 0 Å². The van der Waals surface area contributed by atoms with Crippen LogP contribution in [0.5, 0.6) is 11.5 Å². The largest absolute Gasteiger partial charge is 0.486 e. The quantitative estimate of drug-likeness (QED) is 0.814. The Morgan fingerprint density at radius 3 is 2.74 bits per heavy atom. The van der Waals surface area contributed by atoms with Crippen molar-refractivity contribution in [1.29, 1.82) is 0 Å². The molecular weight excluding hydrogens is 320 g/mol. The monoisotopic (exact) mass is 340 g/mol. The molecule has 1 aromatic rings. The van der Waals surface area contributed by atoms with Crippen molar-refractivity contribution in [2.24, 2.45) is 0 Å². The van der Waals surface area contributed by atoms with Gasteiger partial charge in [-0.15, -0.1) is 0 Å². The molecule has 2 aliphatic rings. The molecule has 126 valence electrons. The average Bonchev–Trinajstić information content (AvgIpc) is 2.86. The SMILES string of the molecule is O=C(CCNC1CCS(=O)(=O)C1)Nc1ccc2c(c1)OCCO2. The molecule has 2 aliphatic heterocycles. The van der Waals surface area contributed by atoms with Crippen LogP contribution >= 0.6 is 0 Å². The molecule has 0 saturated carbocycles. The fraction of sp³-hybridized carbons (Fsp3) is 0.533. The van der Waals surface area contributed by atoms with Crippen LogP contribution in [0, 0.1) is 0 Å². The van der Waals surface area contributed by atoms with Crippen LogP contribution in [-0.2, 0) is 14.6 Å². The van der Waals surface area contributed by atoms with E-state index in [0.717, 1.165) is 0 Å². The van der Waals surface area contributed by atoms with E-state index in [1.165, 1.54) is 0 Å². The van der Waals surface area contributed by atoms with Crippen LogP contribution < -0.4 is 20.1 Å². The van der Waals surface area contributed by atoms with Gasteiger partial charge >= 0.3 is 0 Å². The predicted molar refractivity (Wildman–Crippen MR) is 85.7 cm³/mol. The first-order chi connectivity index (χ1) is 11.0. The lowest BCUT2D eigenvalue weighted by molar-refractivity contribution is -0.116. The smallest absolute Gasteiger partial charge is 0.225 e. The summed E-state index contributed by atoms with van der Waals surface area (Å²) < 4.78 is 33.6. The van der Waals surface area contributed by atoms with Gasteiger partial charge < -0.3 is 20.1 Å². The molecule has 1 fully saturated rings. The Labute approximate surface area is 135 Å². The molecule has 2 N–H and O–H groups in total. The maximum absolute atomic E-state index is 11.9. The minimum absolute atomic E-state index is 0.0397. The topological polar surface area (TPSA) is 93.7 Å². The zero-order valence-electron chi connectivity index (χ0n) is 12.7. The van der Waals surface area contributed by atoms with E-state index in [9.17, 15) is 13.2 Å². The summed E-state index contributed by atoms with van der Waals surface area (Å²) in [5.74, 6) is 1.57. The first-order valence-electron chi connectivity index (χ1n) is 7.65. The number of fused-ring (bicyclic) bond motifs is 1. The van der Waals surface area contributed by atoms with Crippen LogP contribution in [0.1, 0.15) is 12.8 Å². The van der Waals surface area contributed by atoms with Crippen LogP contribution in [0.25, 0.3) is 0 Å². The first kappa shape index (κ1) is 16.1. The summed E-state index contributed by atoms with van der Waals surface area (Å²) in [4.78, 5) is 11.9. The fourth-order valence-corrected chi connectivity index (χ4v) is 4.40. The maximum atomic E-state index is 11.9. The second-order valence-electron chi connectivity index (χ2n) is 5.71. The van der Waals surface area contributed by atoms with Crippen LogP contribution in [0.2, 0.25) is 0 Å². The van der Waals surface area contributed by atoms with Gasteiger partial charge in [-0.3, -0.25) is 4.79 Å². The number of sulfone groups is 1. The van der Waals surface area contributed by atoms with E-state index >= 15 is 0 Å². The van der Waals surface area contributed by atoms with Gasteiger partial charge in [0.05, 0.1) is 11.5 Å². The number of anilines is 1. The number of ether oxygens (including phenoxy) is 2. The predicted octanol–water partition coefficient (Wildman–Crippen LogP) is 0.563. The van der Waals surface area contributed by atoms with Crippen molar-refractivity contribution in [2.45, 2.75) is 18.9 Å². The van der Waals surface area contributed by atoms with Crippen molar-refractivity contribution >= 4 is 21.4 Å². The molecule has 3 rings (SSSR count). The summed E-state index contributed by atoms with van der Waals surface area (Å²) in [7, 11) is -2.89. The summed E-state index contributed by atoms with van der Waals surface area (Å²) in [6.45, 7) is 1.48. The van der Waals surface area contributed by atoms with E-state index in [0.29, 0.717) is 43.4 Å². The highest BCUT2D eigenvalue weighted by Crippen LogP contribution is 2.32. The molecule has 0 aromatic heterocycles. The minimum atomic E-state index is -2.89. The number of benzene rings is 1. The lowest BCUT2D eigenvalue weighted by Gasteiger charge is -2.19. The second kappa shape index (κ2) is 6.76. The lowest BCUT2D eigenvalue weighted by Crippen LogP contribution is -2.32. The number of hydrogen-bond donors (Lipinski definition) is 2. The number of nitrogens with one attached hydrogen (secondary N) is 2. The van der Waals surface area contributed by atoms with Crippen molar-refractivity contribution < 1.29 is 22.7 Å². The third-order valence-corrected chi connectivity index (χ3v) is 5.61. The van der Waals surface area contributed by atoms with Gasteiger partial charge in [-0.1, -0.05) is 0 Å². The van der Waals surface area contributed by atoms with Crippen molar-refractivity contribution in [3.63, 3.8) is 0 Å². The Hall–Kier alpha value is -1.80. The van der Waals surface area contributed by atoms with Gasteiger partial charge in [0.1, 0.15) is 13.2 Å². The second-order valence-corrected chi connectivity index (χ2v) is 7.94. The molecule has 0 bridgehead atoms. The normalized spacial score (nSPS) is 21.8. The molecule has 0 aliphatic carbocycles. The lowest BCUT2D eigenvalue weighted by atomic mass is 10.2. The van der Waals surface area contributed by atoms with E-state index in [1.54, 1.807) is 18.2 Å². The number of carbonyl (C=O) groups is 1. The fourth-order valence-electron chi connectivity index (χ4n) is 2.69. The van der Waals surface area contributed by atoms with Gasteiger partial charge in [0.2, 0.25) is 5.91 Å². The molecule has 7 nitrogen and oxygen atoms in total. The van der Waals surface area contributed by atoms with Crippen LogP contribution in [-0.4, -0.2) is 51.6 Å². The molecular formula is C15H20N2O5S. The minimum Gasteiger partial charge on any atom is -0.486 e. The third kappa shape index (κ3) is 4.35. The average molecular weight is 340 g/mol. The Morgan fingerprint density at radius 1 is 1.22 bits per heavy atom. The number of rotatable bonds is 5. The first-order valence-corrected chi connectivity index (χ1v) is 9.47. The zero-order chi connectivity index (χ0) is 16.3. The molecule has 0 spiro atoms. The molecule has 8 heteroatoms. The van der Waals surface area contributed by atoms with Crippen LogP contribution in [0.15, 0.2) is 18.2 Å². The molecule has 1 aromatic carbocycles. The molecule has 23 heavy (non-hydrogen) atoms. The highest BCUT2D eigenvalue weighted by molar-refractivity contribution is 7.91. The molecule has 1 amide bonds. The van der Waals surface area contributed by atoms with E-state index in [-0.39, 0.29) is 29.9 Å². The van der Waals surface area contributed by atoms with Gasteiger partial charge in [-0.2, -0.15) is 0 Å². The van der Waals surface area contributed by atoms with Crippen LogP contribution in [0.3, 0.4) is 0 Å². The van der Waals surface area contributed by atoms with E-state index in [2.05, 4.69) is 10.6 Å². The number of carbonyl (C=O) groups excluding carboxylic acids is 1. The van der Waals surface area contributed by atoms with Gasteiger partial charge in [0.15, 0.2) is 21.3 Å². The van der Waals surface area contributed by atoms with Gasteiger partial charge in [-0.25, -0.2) is 8.42 Å². The highest BCUT2D eigenvalue weighted by Gasteiger charge is 2.27. The maximum Gasteiger partial charge on any atom is 0.225 e. The highest BCUT2D eigenvalue weighted by atomic mass is 32.2. The number of amides is 1. The van der Waals surface area contributed by atoms with E-state index in [4.69, 9.17) is 9.47 Å². The van der Waals surface area contributed by atoms with Gasteiger partial charge in [0, 0.05) is 30.8 Å². The summed E-state index contributed by atoms with van der Waals surface area (Å²) in [5, 5.41) is 5.92. The van der Waals surface area contributed by atoms with Crippen molar-refractivity contribution in [1.82, 2.24) is 5.32 Å². The zero-order valence-corrected chi connectivity index (χ0v) is 13.5. The number of hydrogen-bond acceptors (Lipinski definition) is 6. The van der Waals surface area contributed by atoms with Crippen molar-refractivity contribution in [3.05, 3.63) is 18.2 Å².